The van der Waals surface area contributed by atoms with Crippen molar-refractivity contribution in [3.05, 3.63) is 199 Å². The largest absolute Gasteiger partial charge is 0.309 e. The Morgan fingerprint density at radius 1 is 0.415 bits per heavy atom. The van der Waals surface area contributed by atoms with Gasteiger partial charge < -0.3 is 4.57 Å². The molecule has 5 heteroatoms. The Labute approximate surface area is 379 Å². The zero-order chi connectivity index (χ0) is 44.0. The van der Waals surface area contributed by atoms with Gasteiger partial charge in [0.1, 0.15) is 0 Å². The maximum absolute atomic E-state index is 5.41. The van der Waals surface area contributed by atoms with Crippen LogP contribution in [-0.2, 0) is 10.8 Å². The molecule has 0 N–H and O–H groups in total. The fourth-order valence-electron chi connectivity index (χ4n) is 10.9. The van der Waals surface area contributed by atoms with Crippen LogP contribution in [0.25, 0.3) is 100 Å². The number of hydrogen-bond donors (Lipinski definition) is 0. The third-order valence-corrected chi connectivity index (χ3v) is 14.5. The van der Waals surface area contributed by atoms with Crippen LogP contribution in [0.1, 0.15) is 52.2 Å². The summed E-state index contributed by atoms with van der Waals surface area (Å²) in [7, 11) is 0. The van der Waals surface area contributed by atoms with E-state index in [0.717, 1.165) is 67.2 Å². The summed E-state index contributed by atoms with van der Waals surface area (Å²) in [6.45, 7) is 12.1. The first kappa shape index (κ1) is 39.0. The summed E-state index contributed by atoms with van der Waals surface area (Å²) in [4.78, 5) is 15.9. The second-order valence-corrected chi connectivity index (χ2v) is 19.1. The van der Waals surface area contributed by atoms with Gasteiger partial charge in [-0.15, -0.1) is 0 Å². The summed E-state index contributed by atoms with van der Waals surface area (Å²) < 4.78 is 4.72. The Hall–Kier alpha value is -7.63. The number of benzene rings is 8. The number of aromatic nitrogens is 5. The fraction of sp³-hybridized carbons (Fsp3) is 0.150. The molecule has 1 aliphatic rings. The fourth-order valence-corrected chi connectivity index (χ4v) is 10.9. The minimum absolute atomic E-state index is 0.0694. The molecule has 65 heavy (non-hydrogen) atoms. The SMILES string of the molecule is CC1CC(C)(C)c2cc(-c3ccccc3-n3c4ccccc4c4cc5c6ccccc6n(-c6nc(-c7ccccc7)nc(-c7ccccc7-c7ccccc7)n6)c5cc43)ccc2C1(C)C. The van der Waals surface area contributed by atoms with Crippen LogP contribution >= 0.6 is 0 Å². The maximum atomic E-state index is 5.41. The zero-order valence-electron chi connectivity index (χ0n) is 37.4. The minimum atomic E-state index is 0.0694. The molecule has 1 aliphatic carbocycles. The predicted octanol–water partition coefficient (Wildman–Crippen LogP) is 15.3. The van der Waals surface area contributed by atoms with Gasteiger partial charge in [0, 0.05) is 38.2 Å². The van der Waals surface area contributed by atoms with Gasteiger partial charge in [0.2, 0.25) is 5.95 Å². The summed E-state index contributed by atoms with van der Waals surface area (Å²) in [5.74, 6) is 2.40. The van der Waals surface area contributed by atoms with Gasteiger partial charge in [-0.1, -0.05) is 192 Å². The molecule has 0 radical (unpaired) electrons. The highest BCUT2D eigenvalue weighted by atomic mass is 15.2. The van der Waals surface area contributed by atoms with Crippen LogP contribution in [0.4, 0.5) is 0 Å². The standard InChI is InChI=1S/C60H49N5/c1-38-37-59(2,3)50-34-41(32-33-49(50)60(38,4)5)43-25-14-17-29-51(43)64-52-30-18-15-26-44(52)47-35-48-45-27-16-19-31-53(45)65(55(48)36-54(47)64)58-62-56(40-22-10-7-11-23-40)61-57(63-58)46-28-13-12-24-42(46)39-20-8-6-9-21-39/h6-36,38H,37H2,1-5H3. The molecular formula is C60H49N5. The molecule has 314 valence electrons. The highest BCUT2D eigenvalue weighted by Crippen LogP contribution is 2.50. The molecule has 5 nitrogen and oxygen atoms in total. The lowest BCUT2D eigenvalue weighted by Crippen LogP contribution is -2.40. The van der Waals surface area contributed by atoms with Gasteiger partial charge in [0.25, 0.3) is 0 Å². The average Bonchev–Trinajstić information content (AvgIpc) is 3.84. The molecule has 0 saturated heterocycles. The van der Waals surface area contributed by atoms with Crippen molar-refractivity contribution in [3.63, 3.8) is 0 Å². The summed E-state index contributed by atoms with van der Waals surface area (Å²) >= 11 is 0. The van der Waals surface area contributed by atoms with E-state index in [1.807, 2.05) is 24.3 Å². The van der Waals surface area contributed by atoms with Crippen molar-refractivity contribution in [2.24, 2.45) is 5.92 Å². The summed E-state index contributed by atoms with van der Waals surface area (Å²) in [6, 6.07) is 67.6. The minimum Gasteiger partial charge on any atom is -0.309 e. The number of hydrogen-bond acceptors (Lipinski definition) is 3. The van der Waals surface area contributed by atoms with Crippen molar-refractivity contribution in [1.29, 1.82) is 0 Å². The maximum Gasteiger partial charge on any atom is 0.238 e. The van der Waals surface area contributed by atoms with Crippen LogP contribution in [0.15, 0.2) is 188 Å². The molecule has 1 atom stereocenters. The first-order valence-electron chi connectivity index (χ1n) is 22.8. The molecule has 0 saturated carbocycles. The van der Waals surface area contributed by atoms with E-state index in [9.17, 15) is 0 Å². The second-order valence-electron chi connectivity index (χ2n) is 19.1. The van der Waals surface area contributed by atoms with E-state index in [2.05, 4.69) is 208 Å². The van der Waals surface area contributed by atoms with Crippen LogP contribution in [0, 0.1) is 5.92 Å². The van der Waals surface area contributed by atoms with Crippen LogP contribution in [0.2, 0.25) is 0 Å². The van der Waals surface area contributed by atoms with Crippen molar-refractivity contribution < 1.29 is 0 Å². The lowest BCUT2D eigenvalue weighted by molar-refractivity contribution is 0.233. The molecule has 8 aromatic carbocycles. The number of fused-ring (bicyclic) bond motifs is 7. The Balaban J connectivity index is 1.13. The van der Waals surface area contributed by atoms with E-state index in [-0.39, 0.29) is 10.8 Å². The molecular weight excluding hydrogens is 791 g/mol. The highest BCUT2D eigenvalue weighted by Gasteiger charge is 2.42. The van der Waals surface area contributed by atoms with Crippen molar-refractivity contribution >= 4 is 43.6 Å². The Kier molecular flexibility index (Phi) is 8.83. The quantitative estimate of drug-likeness (QED) is 0.168. The number of rotatable bonds is 6. The molecule has 0 aliphatic heterocycles. The lowest BCUT2D eigenvalue weighted by atomic mass is 9.58. The number of para-hydroxylation sites is 3. The first-order chi connectivity index (χ1) is 31.7. The molecule has 12 rings (SSSR count). The third kappa shape index (κ3) is 6.17. The average molecular weight is 840 g/mol. The molecule has 0 bridgehead atoms. The smallest absolute Gasteiger partial charge is 0.238 e. The summed E-state index contributed by atoms with van der Waals surface area (Å²) in [6.07, 6.45) is 1.16. The molecule has 0 amide bonds. The van der Waals surface area contributed by atoms with Crippen molar-refractivity contribution in [3.8, 4) is 56.7 Å². The van der Waals surface area contributed by atoms with Gasteiger partial charge in [-0.05, 0) is 81.3 Å². The van der Waals surface area contributed by atoms with Crippen molar-refractivity contribution in [2.75, 3.05) is 0 Å². The molecule has 0 spiro atoms. The molecule has 3 heterocycles. The van der Waals surface area contributed by atoms with Crippen molar-refractivity contribution in [2.45, 2.75) is 51.9 Å². The van der Waals surface area contributed by atoms with Gasteiger partial charge in [0.05, 0.1) is 27.8 Å². The third-order valence-electron chi connectivity index (χ3n) is 14.5. The summed E-state index contributed by atoms with van der Waals surface area (Å²) in [5.41, 5.74) is 15.1. The van der Waals surface area contributed by atoms with Crippen LogP contribution < -0.4 is 0 Å². The zero-order valence-corrected chi connectivity index (χ0v) is 37.4. The van der Waals surface area contributed by atoms with E-state index >= 15 is 0 Å². The van der Waals surface area contributed by atoms with Gasteiger partial charge in [-0.25, -0.2) is 4.98 Å². The summed E-state index contributed by atoms with van der Waals surface area (Å²) in [5, 5.41) is 4.70. The van der Waals surface area contributed by atoms with Gasteiger partial charge in [0.15, 0.2) is 11.6 Å². The van der Waals surface area contributed by atoms with Crippen molar-refractivity contribution in [1.82, 2.24) is 24.1 Å². The first-order valence-corrected chi connectivity index (χ1v) is 22.8. The lowest BCUT2D eigenvalue weighted by Gasteiger charge is -2.46. The Bertz CT molecular complexity index is 3650. The Morgan fingerprint density at radius 3 is 1.68 bits per heavy atom. The monoisotopic (exact) mass is 839 g/mol. The van der Waals surface area contributed by atoms with E-state index < -0.39 is 0 Å². The van der Waals surface area contributed by atoms with Gasteiger partial charge in [-0.2, -0.15) is 9.97 Å². The number of nitrogens with zero attached hydrogens (tertiary/aromatic N) is 5. The predicted molar refractivity (Wildman–Crippen MR) is 270 cm³/mol. The van der Waals surface area contributed by atoms with E-state index in [1.165, 1.54) is 33.0 Å². The van der Waals surface area contributed by atoms with Gasteiger partial charge in [-0.3, -0.25) is 4.57 Å². The van der Waals surface area contributed by atoms with Crippen LogP contribution in [0.3, 0.4) is 0 Å². The van der Waals surface area contributed by atoms with E-state index in [4.69, 9.17) is 15.0 Å². The van der Waals surface area contributed by atoms with E-state index in [0.29, 0.717) is 23.5 Å². The molecule has 11 aromatic rings. The molecule has 1 unspecified atom stereocenters. The topological polar surface area (TPSA) is 48.5 Å². The van der Waals surface area contributed by atoms with Crippen LogP contribution in [-0.4, -0.2) is 24.1 Å². The van der Waals surface area contributed by atoms with Crippen LogP contribution in [0.5, 0.6) is 0 Å². The molecule has 0 fully saturated rings. The van der Waals surface area contributed by atoms with E-state index in [1.54, 1.807) is 0 Å². The van der Waals surface area contributed by atoms with Gasteiger partial charge >= 0.3 is 0 Å². The normalized spacial score (nSPS) is 15.5. The Morgan fingerprint density at radius 2 is 0.969 bits per heavy atom. The second kappa shape index (κ2) is 14.7. The molecule has 3 aromatic heterocycles. The highest BCUT2D eigenvalue weighted by molar-refractivity contribution is 6.19.